The molecule has 2 aromatic heterocycles. The van der Waals surface area contributed by atoms with Gasteiger partial charge in [0.25, 0.3) is 0 Å². The zero-order valence-electron chi connectivity index (χ0n) is 23.7. The summed E-state index contributed by atoms with van der Waals surface area (Å²) in [6.07, 6.45) is -2.03. The highest BCUT2D eigenvalue weighted by Gasteiger charge is 2.39. The molecule has 0 spiro atoms. The second kappa shape index (κ2) is 10.9. The van der Waals surface area contributed by atoms with E-state index in [0.717, 1.165) is 25.5 Å². The van der Waals surface area contributed by atoms with Crippen LogP contribution in [-0.2, 0) is 11.0 Å². The van der Waals surface area contributed by atoms with Crippen LogP contribution in [0.25, 0.3) is 22.2 Å². The van der Waals surface area contributed by atoms with Crippen LogP contribution in [0, 0.1) is 24.1 Å². The van der Waals surface area contributed by atoms with Gasteiger partial charge in [0.05, 0.1) is 28.5 Å². The number of aryl methyl sites for hydroxylation is 1. The van der Waals surface area contributed by atoms with E-state index in [0.29, 0.717) is 44.2 Å². The van der Waals surface area contributed by atoms with Gasteiger partial charge in [-0.3, -0.25) is 4.79 Å². The molecule has 230 valence electrons. The lowest BCUT2D eigenvalue weighted by Crippen LogP contribution is -2.44. The van der Waals surface area contributed by atoms with Crippen LogP contribution in [0.5, 0.6) is 6.01 Å². The number of rotatable bonds is 5. The molecule has 3 unspecified atom stereocenters. The average molecular weight is 622 g/mol. The number of carbonyl (C=O) groups excluding carboxylic acids is 1. The molecule has 3 saturated heterocycles. The van der Waals surface area contributed by atoms with Crippen molar-refractivity contribution in [3.8, 4) is 17.3 Å². The van der Waals surface area contributed by atoms with Crippen LogP contribution in [0.1, 0.15) is 43.7 Å². The highest BCUT2D eigenvalue weighted by atomic mass is 35.5. The first-order valence-corrected chi connectivity index (χ1v) is 14.6. The summed E-state index contributed by atoms with van der Waals surface area (Å²) in [6.45, 7) is 5.90. The van der Waals surface area contributed by atoms with Gasteiger partial charge in [-0.2, -0.15) is 23.1 Å². The number of anilines is 2. The number of aromatic nitrogens is 3. The number of nitrogens with one attached hydrogen (secondary N) is 2. The smallest absolute Gasteiger partial charge is 0.418 e. The lowest BCUT2D eigenvalue weighted by atomic mass is 9.83. The molecule has 0 saturated carbocycles. The van der Waals surface area contributed by atoms with Gasteiger partial charge in [-0.15, -0.1) is 0 Å². The second-order valence-corrected chi connectivity index (χ2v) is 12.6. The fourth-order valence-corrected chi connectivity index (χ4v) is 6.62. The highest BCUT2D eigenvalue weighted by Crippen LogP contribution is 2.45. The van der Waals surface area contributed by atoms with Gasteiger partial charge in [0, 0.05) is 42.9 Å². The average Bonchev–Trinajstić information content (AvgIpc) is 3.26. The second-order valence-electron chi connectivity index (χ2n) is 12.2. The van der Waals surface area contributed by atoms with Crippen molar-refractivity contribution in [2.45, 2.75) is 51.7 Å². The predicted molar refractivity (Wildman–Crippen MR) is 154 cm³/mol. The topological polar surface area (TPSA) is 118 Å². The van der Waals surface area contributed by atoms with Crippen molar-refractivity contribution in [3.05, 3.63) is 34.1 Å². The molecule has 9 nitrogen and oxygen atoms in total. The van der Waals surface area contributed by atoms with Crippen molar-refractivity contribution in [1.29, 1.82) is 0 Å². The molecule has 2 bridgehead atoms. The van der Waals surface area contributed by atoms with E-state index in [1.165, 1.54) is 13.0 Å². The Morgan fingerprint density at radius 2 is 2.05 bits per heavy atom. The van der Waals surface area contributed by atoms with Gasteiger partial charge in [-0.25, -0.2) is 9.37 Å². The maximum Gasteiger partial charge on any atom is 0.418 e. The molecule has 1 amide bonds. The van der Waals surface area contributed by atoms with E-state index in [2.05, 4.69) is 25.6 Å². The number of ether oxygens (including phenoxy) is 1. The number of fused-ring (bicyclic) bond motifs is 3. The summed E-state index contributed by atoms with van der Waals surface area (Å²) in [5.41, 5.74) is 2.57. The number of piperidine rings is 1. The Kier molecular flexibility index (Phi) is 7.52. The predicted octanol–water partition coefficient (Wildman–Crippen LogP) is 4.88. The van der Waals surface area contributed by atoms with Crippen LogP contribution in [-0.4, -0.2) is 59.7 Å². The Bertz CT molecular complexity index is 1590. The summed E-state index contributed by atoms with van der Waals surface area (Å²) in [7, 11) is 0. The molecule has 3 aliphatic rings. The third kappa shape index (κ3) is 5.76. The molecule has 14 heteroatoms. The number of hydrogen-bond acceptors (Lipinski definition) is 8. The van der Waals surface area contributed by atoms with Gasteiger partial charge >= 0.3 is 12.2 Å². The maximum absolute atomic E-state index is 16.6. The van der Waals surface area contributed by atoms with E-state index in [9.17, 15) is 18.0 Å². The van der Waals surface area contributed by atoms with Crippen molar-refractivity contribution in [3.63, 3.8) is 0 Å². The third-order valence-electron chi connectivity index (χ3n) is 8.68. The Labute approximate surface area is 250 Å². The van der Waals surface area contributed by atoms with Crippen molar-refractivity contribution < 1.29 is 27.1 Å². The zero-order valence-corrected chi connectivity index (χ0v) is 24.5. The van der Waals surface area contributed by atoms with E-state index in [1.54, 1.807) is 0 Å². The maximum atomic E-state index is 16.6. The van der Waals surface area contributed by atoms with Gasteiger partial charge in [-0.05, 0) is 56.3 Å². The monoisotopic (exact) mass is 621 g/mol. The van der Waals surface area contributed by atoms with Gasteiger partial charge < -0.3 is 26.0 Å². The summed E-state index contributed by atoms with van der Waals surface area (Å²) in [5.74, 6) is -0.434. The quantitative estimate of drug-likeness (QED) is 0.345. The van der Waals surface area contributed by atoms with Gasteiger partial charge in [-0.1, -0.05) is 18.5 Å². The third-order valence-corrected chi connectivity index (χ3v) is 8.98. The van der Waals surface area contributed by atoms with Crippen LogP contribution in [0.4, 0.5) is 29.2 Å². The number of pyridine rings is 1. The Balaban J connectivity index is 1.50. The van der Waals surface area contributed by atoms with E-state index in [1.807, 2.05) is 11.8 Å². The van der Waals surface area contributed by atoms with Crippen LogP contribution in [0.15, 0.2) is 12.1 Å². The molecule has 6 rings (SSSR count). The Hall–Kier alpha value is -3.45. The zero-order chi connectivity index (χ0) is 30.7. The summed E-state index contributed by atoms with van der Waals surface area (Å²) in [6, 6.07) is 2.56. The minimum atomic E-state index is -4.85. The summed E-state index contributed by atoms with van der Waals surface area (Å²) < 4.78 is 65.2. The van der Waals surface area contributed by atoms with Crippen molar-refractivity contribution in [1.82, 2.24) is 25.6 Å². The minimum absolute atomic E-state index is 0.0408. The highest BCUT2D eigenvalue weighted by molar-refractivity contribution is 6.34. The molecule has 0 aliphatic carbocycles. The first kappa shape index (κ1) is 29.6. The van der Waals surface area contributed by atoms with E-state index < -0.39 is 34.2 Å². The van der Waals surface area contributed by atoms with E-state index in [-0.39, 0.29) is 51.9 Å². The van der Waals surface area contributed by atoms with Gasteiger partial charge in [0.2, 0.25) is 5.91 Å². The van der Waals surface area contributed by atoms with E-state index >= 15 is 4.39 Å². The molecule has 0 radical (unpaired) electrons. The number of amides is 1. The molecule has 3 aliphatic heterocycles. The summed E-state index contributed by atoms with van der Waals surface area (Å²) in [4.78, 5) is 26.7. The molecule has 1 aromatic carbocycles. The Morgan fingerprint density at radius 1 is 1.26 bits per heavy atom. The number of nitrogens with two attached hydrogens (primary N) is 1. The fourth-order valence-electron chi connectivity index (χ4n) is 6.33. The Morgan fingerprint density at radius 3 is 2.77 bits per heavy atom. The minimum Gasteiger partial charge on any atom is -0.463 e. The van der Waals surface area contributed by atoms with Crippen molar-refractivity contribution >= 4 is 40.0 Å². The number of benzene rings is 1. The fraction of sp³-hybridized carbons (Fsp3) is 0.517. The van der Waals surface area contributed by atoms with E-state index in [4.69, 9.17) is 22.1 Å². The van der Waals surface area contributed by atoms with Crippen LogP contribution in [0.3, 0.4) is 0 Å². The van der Waals surface area contributed by atoms with Crippen molar-refractivity contribution in [2.75, 3.05) is 43.4 Å². The molecule has 4 N–H and O–H groups in total. The molecule has 43 heavy (non-hydrogen) atoms. The first-order chi connectivity index (χ1) is 20.3. The molecule has 3 aromatic rings. The van der Waals surface area contributed by atoms with Crippen LogP contribution in [0.2, 0.25) is 5.02 Å². The molecule has 3 atom stereocenters. The summed E-state index contributed by atoms with van der Waals surface area (Å²) >= 11 is 6.57. The number of nitrogens with zero attached hydrogens (tertiary/aromatic N) is 4. The van der Waals surface area contributed by atoms with Gasteiger partial charge in [0.1, 0.15) is 17.2 Å². The van der Waals surface area contributed by atoms with Gasteiger partial charge in [0.15, 0.2) is 5.82 Å². The number of alkyl halides is 3. The SMILES string of the molecule is Cc1cc(N)nc(-c2c(Cl)cc3c(N4CCC5CNC(C5)C4)nc(OCC4(C)CCC(=O)NC4)nc3c2F)c1C(F)(F)F. The molecular weight excluding hydrogens is 590 g/mol. The largest absolute Gasteiger partial charge is 0.463 e. The molecule has 3 fully saturated rings. The standard InChI is InChI=1S/C29H32ClF4N7O2/c1-14-7-19(35)38-25(22(14)29(32,33)34)21-18(30)9-17-24(23(21)31)39-27(43-13-28(2)5-3-20(42)37-12-28)40-26(17)41-6-4-15-8-16(11-41)36-10-15/h7,9,15-16,36H,3-6,8,10-13H2,1-2H3,(H2,35,38)(H,37,42). The number of hydrogen-bond donors (Lipinski definition) is 3. The number of halogens is 5. The number of carbonyl (C=O) groups is 1. The van der Waals surface area contributed by atoms with Crippen LogP contribution >= 0.6 is 11.6 Å². The lowest BCUT2D eigenvalue weighted by molar-refractivity contribution is -0.137. The summed E-state index contributed by atoms with van der Waals surface area (Å²) in [5, 5.41) is 6.32. The lowest BCUT2D eigenvalue weighted by Gasteiger charge is -2.33. The molecular formula is C29H32ClF4N7O2. The first-order valence-electron chi connectivity index (χ1n) is 14.2. The van der Waals surface area contributed by atoms with Crippen molar-refractivity contribution in [2.24, 2.45) is 11.3 Å². The van der Waals surface area contributed by atoms with Crippen LogP contribution < -0.4 is 26.0 Å². The normalized spacial score (nSPS) is 24.3. The molecule has 5 heterocycles. The number of nitrogen functional groups attached to an aromatic ring is 1.